The van der Waals surface area contributed by atoms with E-state index in [-0.39, 0.29) is 18.4 Å². The first-order chi connectivity index (χ1) is 15.2. The van der Waals surface area contributed by atoms with Gasteiger partial charge < -0.3 is 19.9 Å². The van der Waals surface area contributed by atoms with Gasteiger partial charge in [-0.15, -0.1) is 11.3 Å². The SMILES string of the molecule is O=C(CNc1cc(C(=O)N2CCOCC2)c2ccccc2n1)N1CCc2sccc2C1. The van der Waals surface area contributed by atoms with Crippen LogP contribution in [0, 0.1) is 0 Å². The van der Waals surface area contributed by atoms with E-state index in [2.05, 4.69) is 21.7 Å². The minimum Gasteiger partial charge on any atom is -0.378 e. The molecule has 2 aromatic heterocycles. The summed E-state index contributed by atoms with van der Waals surface area (Å²) in [6, 6.07) is 11.5. The van der Waals surface area contributed by atoms with Crippen molar-refractivity contribution in [3.63, 3.8) is 0 Å². The molecule has 4 heterocycles. The maximum absolute atomic E-state index is 13.2. The van der Waals surface area contributed by atoms with Crippen LogP contribution in [0.2, 0.25) is 0 Å². The third-order valence-electron chi connectivity index (χ3n) is 5.83. The summed E-state index contributed by atoms with van der Waals surface area (Å²) in [4.78, 5) is 35.7. The smallest absolute Gasteiger partial charge is 0.254 e. The summed E-state index contributed by atoms with van der Waals surface area (Å²) < 4.78 is 5.38. The van der Waals surface area contributed by atoms with Crippen molar-refractivity contribution in [2.45, 2.75) is 13.0 Å². The summed E-state index contributed by atoms with van der Waals surface area (Å²) in [6.07, 6.45) is 0.908. The number of ether oxygens (including phenoxy) is 1. The van der Waals surface area contributed by atoms with Crippen LogP contribution in [0.4, 0.5) is 5.82 Å². The molecule has 2 amide bonds. The number of aromatic nitrogens is 1. The summed E-state index contributed by atoms with van der Waals surface area (Å²) >= 11 is 1.76. The quantitative estimate of drug-likeness (QED) is 0.681. The Balaban J connectivity index is 1.34. The Kier molecular flexibility index (Phi) is 5.57. The molecule has 5 rings (SSSR count). The molecule has 0 aliphatic carbocycles. The van der Waals surface area contributed by atoms with Gasteiger partial charge >= 0.3 is 0 Å². The van der Waals surface area contributed by atoms with Crippen LogP contribution >= 0.6 is 11.3 Å². The van der Waals surface area contributed by atoms with Gasteiger partial charge in [-0.25, -0.2) is 4.98 Å². The molecule has 8 heteroatoms. The van der Waals surface area contributed by atoms with Crippen molar-refractivity contribution in [2.24, 2.45) is 0 Å². The average Bonchev–Trinajstić information content (AvgIpc) is 3.30. The molecule has 2 aliphatic rings. The number of benzene rings is 1. The Bertz CT molecular complexity index is 1120. The van der Waals surface area contributed by atoms with Gasteiger partial charge in [0, 0.05) is 36.4 Å². The highest BCUT2D eigenvalue weighted by atomic mass is 32.1. The molecule has 31 heavy (non-hydrogen) atoms. The first kappa shape index (κ1) is 20.0. The van der Waals surface area contributed by atoms with Crippen molar-refractivity contribution in [3.8, 4) is 0 Å². The lowest BCUT2D eigenvalue weighted by molar-refractivity contribution is -0.130. The molecule has 0 bridgehead atoms. The van der Waals surface area contributed by atoms with Gasteiger partial charge in [0.15, 0.2) is 0 Å². The Morgan fingerprint density at radius 3 is 2.81 bits per heavy atom. The predicted octanol–water partition coefficient (Wildman–Crippen LogP) is 2.77. The molecule has 0 atom stereocenters. The Morgan fingerprint density at radius 2 is 1.94 bits per heavy atom. The van der Waals surface area contributed by atoms with E-state index in [1.807, 2.05) is 34.1 Å². The van der Waals surface area contributed by atoms with Crippen LogP contribution in [-0.4, -0.2) is 66.0 Å². The lowest BCUT2D eigenvalue weighted by Crippen LogP contribution is -2.41. The molecular formula is C23H24N4O3S. The molecule has 0 saturated carbocycles. The van der Waals surface area contributed by atoms with Crippen LogP contribution in [-0.2, 0) is 22.5 Å². The molecule has 2 aliphatic heterocycles. The van der Waals surface area contributed by atoms with Crippen LogP contribution in [0.5, 0.6) is 0 Å². The molecular weight excluding hydrogens is 412 g/mol. The third kappa shape index (κ3) is 4.13. The van der Waals surface area contributed by atoms with Crippen molar-refractivity contribution in [2.75, 3.05) is 44.7 Å². The maximum Gasteiger partial charge on any atom is 0.254 e. The van der Waals surface area contributed by atoms with E-state index >= 15 is 0 Å². The minimum absolute atomic E-state index is 0.0303. The van der Waals surface area contributed by atoms with E-state index in [1.54, 1.807) is 17.4 Å². The lowest BCUT2D eigenvalue weighted by Gasteiger charge is -2.28. The van der Waals surface area contributed by atoms with E-state index < -0.39 is 0 Å². The fourth-order valence-corrected chi connectivity index (χ4v) is 5.01. The van der Waals surface area contributed by atoms with Gasteiger partial charge in [0.2, 0.25) is 5.91 Å². The number of pyridine rings is 1. The van der Waals surface area contributed by atoms with Crippen molar-refractivity contribution in [3.05, 3.63) is 57.8 Å². The van der Waals surface area contributed by atoms with E-state index in [4.69, 9.17) is 4.74 Å². The van der Waals surface area contributed by atoms with Crippen LogP contribution in [0.25, 0.3) is 10.9 Å². The molecule has 0 spiro atoms. The van der Waals surface area contributed by atoms with E-state index in [1.165, 1.54) is 10.4 Å². The zero-order valence-corrected chi connectivity index (χ0v) is 18.0. The molecule has 7 nitrogen and oxygen atoms in total. The van der Waals surface area contributed by atoms with Gasteiger partial charge in [0.25, 0.3) is 5.91 Å². The number of anilines is 1. The van der Waals surface area contributed by atoms with Crippen molar-refractivity contribution in [1.82, 2.24) is 14.8 Å². The number of nitrogens with zero attached hydrogens (tertiary/aromatic N) is 3. The van der Waals surface area contributed by atoms with Gasteiger partial charge in [0.05, 0.1) is 30.8 Å². The van der Waals surface area contributed by atoms with Crippen LogP contribution in [0.15, 0.2) is 41.8 Å². The monoisotopic (exact) mass is 436 g/mol. The van der Waals surface area contributed by atoms with Crippen LogP contribution in [0.3, 0.4) is 0 Å². The largest absolute Gasteiger partial charge is 0.378 e. The number of thiophene rings is 1. The van der Waals surface area contributed by atoms with E-state index in [0.29, 0.717) is 44.2 Å². The highest BCUT2D eigenvalue weighted by Crippen LogP contribution is 2.25. The summed E-state index contributed by atoms with van der Waals surface area (Å²) in [6.45, 7) is 3.81. The van der Waals surface area contributed by atoms with E-state index in [0.717, 1.165) is 23.9 Å². The van der Waals surface area contributed by atoms with Gasteiger partial charge in [-0.3, -0.25) is 9.59 Å². The second kappa shape index (κ2) is 8.64. The molecule has 3 aromatic rings. The number of carbonyl (C=O) groups excluding carboxylic acids is 2. The summed E-state index contributed by atoms with van der Waals surface area (Å²) in [5.41, 5.74) is 2.58. The van der Waals surface area contributed by atoms with Crippen LogP contribution in [0.1, 0.15) is 20.8 Å². The van der Waals surface area contributed by atoms with Crippen molar-refractivity contribution < 1.29 is 14.3 Å². The fraction of sp³-hybridized carbons (Fsp3) is 0.348. The highest BCUT2D eigenvalue weighted by Gasteiger charge is 2.23. The van der Waals surface area contributed by atoms with E-state index in [9.17, 15) is 9.59 Å². The Hall–Kier alpha value is -2.97. The number of morpholine rings is 1. The lowest BCUT2D eigenvalue weighted by atomic mass is 10.1. The summed E-state index contributed by atoms with van der Waals surface area (Å²) in [7, 11) is 0. The van der Waals surface area contributed by atoms with Crippen molar-refractivity contribution in [1.29, 1.82) is 0 Å². The number of amides is 2. The first-order valence-corrected chi connectivity index (χ1v) is 11.4. The summed E-state index contributed by atoms with van der Waals surface area (Å²) in [5, 5.41) is 6.06. The Morgan fingerprint density at radius 1 is 1.10 bits per heavy atom. The topological polar surface area (TPSA) is 74.8 Å². The number of para-hydroxylation sites is 1. The normalized spacial score (nSPS) is 16.3. The highest BCUT2D eigenvalue weighted by molar-refractivity contribution is 7.10. The molecule has 0 radical (unpaired) electrons. The minimum atomic E-state index is -0.0303. The average molecular weight is 437 g/mol. The predicted molar refractivity (Wildman–Crippen MR) is 120 cm³/mol. The third-order valence-corrected chi connectivity index (χ3v) is 6.85. The van der Waals surface area contributed by atoms with Crippen LogP contribution < -0.4 is 5.32 Å². The zero-order valence-electron chi connectivity index (χ0n) is 17.2. The fourth-order valence-electron chi connectivity index (χ4n) is 4.12. The second-order valence-corrected chi connectivity index (χ2v) is 8.77. The van der Waals surface area contributed by atoms with Gasteiger partial charge in [-0.05, 0) is 35.6 Å². The first-order valence-electron chi connectivity index (χ1n) is 10.5. The molecule has 1 fully saturated rings. The molecule has 1 saturated heterocycles. The zero-order chi connectivity index (χ0) is 21.2. The number of hydrogen-bond donors (Lipinski definition) is 1. The van der Waals surface area contributed by atoms with Gasteiger partial charge in [-0.1, -0.05) is 18.2 Å². The summed E-state index contributed by atoms with van der Waals surface area (Å²) in [5.74, 6) is 0.544. The molecule has 1 N–H and O–H groups in total. The molecule has 160 valence electrons. The maximum atomic E-state index is 13.2. The Labute approximate surface area is 184 Å². The number of rotatable bonds is 4. The molecule has 0 unspecified atom stereocenters. The number of carbonyl (C=O) groups is 2. The van der Waals surface area contributed by atoms with Gasteiger partial charge in [-0.2, -0.15) is 0 Å². The van der Waals surface area contributed by atoms with Crippen molar-refractivity contribution >= 4 is 39.9 Å². The molecule has 1 aromatic carbocycles. The second-order valence-electron chi connectivity index (χ2n) is 7.76. The number of nitrogens with one attached hydrogen (secondary N) is 1. The number of fused-ring (bicyclic) bond motifs is 2. The standard InChI is InChI=1S/C23H24N4O3S/c28-22(27-7-5-20-16(15-27)6-12-31-20)14-24-21-13-18(17-3-1-2-4-19(17)25-21)23(29)26-8-10-30-11-9-26/h1-4,6,12-13H,5,7-11,14-15H2,(H,24,25). The number of hydrogen-bond acceptors (Lipinski definition) is 6. The van der Waals surface area contributed by atoms with Gasteiger partial charge in [0.1, 0.15) is 5.82 Å².